The summed E-state index contributed by atoms with van der Waals surface area (Å²) in [6, 6.07) is 6.00. The Morgan fingerprint density at radius 1 is 1.43 bits per heavy atom. The van der Waals surface area contributed by atoms with Crippen LogP contribution in [0.2, 0.25) is 5.02 Å². The molecule has 1 aromatic carbocycles. The molecule has 2 N–H and O–H groups in total. The van der Waals surface area contributed by atoms with E-state index in [-0.39, 0.29) is 24.9 Å². The molecule has 0 aliphatic rings. The van der Waals surface area contributed by atoms with Crippen LogP contribution in [0.3, 0.4) is 0 Å². The molecular weight excluding hydrogens is 294 g/mol. The fourth-order valence-corrected chi connectivity index (χ4v) is 1.93. The van der Waals surface area contributed by atoms with E-state index in [1.807, 2.05) is 6.92 Å². The molecule has 2 atom stereocenters. The molecule has 0 radical (unpaired) electrons. The minimum Gasteiger partial charge on any atom is -0.493 e. The van der Waals surface area contributed by atoms with E-state index in [0.29, 0.717) is 17.2 Å². The van der Waals surface area contributed by atoms with Gasteiger partial charge in [-0.15, -0.1) is 0 Å². The van der Waals surface area contributed by atoms with Gasteiger partial charge in [0.2, 0.25) is 5.91 Å². The van der Waals surface area contributed by atoms with Crippen molar-refractivity contribution in [1.29, 1.82) is 0 Å². The number of amides is 1. The van der Waals surface area contributed by atoms with E-state index in [9.17, 15) is 9.59 Å². The Balaban J connectivity index is 2.41. The van der Waals surface area contributed by atoms with Crippen molar-refractivity contribution in [2.24, 2.45) is 5.92 Å². The maximum Gasteiger partial charge on any atom is 0.326 e. The lowest BCUT2D eigenvalue weighted by molar-refractivity contribution is -0.143. The van der Waals surface area contributed by atoms with Crippen molar-refractivity contribution in [3.05, 3.63) is 29.3 Å². The van der Waals surface area contributed by atoms with Gasteiger partial charge in [-0.05, 0) is 24.1 Å². The van der Waals surface area contributed by atoms with E-state index in [0.717, 1.165) is 0 Å². The highest BCUT2D eigenvalue weighted by Gasteiger charge is 2.24. The first kappa shape index (κ1) is 17.3. The molecule has 0 saturated carbocycles. The zero-order valence-corrected chi connectivity index (χ0v) is 12.9. The highest BCUT2D eigenvalue weighted by atomic mass is 35.5. The van der Waals surface area contributed by atoms with Crippen LogP contribution < -0.4 is 10.1 Å². The Morgan fingerprint density at radius 3 is 2.71 bits per heavy atom. The first-order valence-corrected chi connectivity index (χ1v) is 7.22. The monoisotopic (exact) mass is 313 g/mol. The molecule has 5 nitrogen and oxygen atoms in total. The molecule has 1 aromatic rings. The van der Waals surface area contributed by atoms with Gasteiger partial charge in [-0.1, -0.05) is 37.9 Å². The fourth-order valence-electron chi connectivity index (χ4n) is 1.75. The molecular formula is C15H20ClNO4. The molecule has 0 spiro atoms. The lowest BCUT2D eigenvalue weighted by Crippen LogP contribution is -2.45. The SMILES string of the molecule is CCC(C)[C@H](NC(=O)CCOc1cccc(Cl)c1)C(=O)O. The lowest BCUT2D eigenvalue weighted by atomic mass is 9.99. The number of benzene rings is 1. The van der Waals surface area contributed by atoms with Gasteiger partial charge in [-0.2, -0.15) is 0 Å². The normalized spacial score (nSPS) is 13.3. The van der Waals surface area contributed by atoms with Gasteiger partial charge < -0.3 is 15.2 Å². The number of hydrogen-bond donors (Lipinski definition) is 2. The second kappa shape index (κ2) is 8.52. The molecule has 21 heavy (non-hydrogen) atoms. The largest absolute Gasteiger partial charge is 0.493 e. The summed E-state index contributed by atoms with van der Waals surface area (Å²) >= 11 is 5.82. The summed E-state index contributed by atoms with van der Waals surface area (Å²) in [6.07, 6.45) is 0.767. The van der Waals surface area contributed by atoms with Crippen molar-refractivity contribution >= 4 is 23.5 Å². The van der Waals surface area contributed by atoms with Gasteiger partial charge >= 0.3 is 5.97 Å². The van der Waals surface area contributed by atoms with Crippen LogP contribution in [0.1, 0.15) is 26.7 Å². The molecule has 0 saturated heterocycles. The molecule has 0 aliphatic heterocycles. The number of carboxylic acid groups (broad SMARTS) is 1. The van der Waals surface area contributed by atoms with Gasteiger partial charge in [0.25, 0.3) is 0 Å². The van der Waals surface area contributed by atoms with Crippen LogP contribution in [0, 0.1) is 5.92 Å². The summed E-state index contributed by atoms with van der Waals surface area (Å²) in [7, 11) is 0. The Kier molecular flexibility index (Phi) is 7.02. The Labute approximate surface area is 129 Å². The minimum atomic E-state index is -1.02. The van der Waals surface area contributed by atoms with Crippen LogP contribution in [0.25, 0.3) is 0 Å². The van der Waals surface area contributed by atoms with E-state index >= 15 is 0 Å². The average Bonchev–Trinajstić information content (AvgIpc) is 2.43. The summed E-state index contributed by atoms with van der Waals surface area (Å²) in [5.74, 6) is -0.912. The molecule has 0 aliphatic carbocycles. The van der Waals surface area contributed by atoms with Crippen molar-refractivity contribution in [2.75, 3.05) is 6.61 Å². The van der Waals surface area contributed by atoms with Crippen molar-refractivity contribution in [2.45, 2.75) is 32.7 Å². The quantitative estimate of drug-likeness (QED) is 0.773. The van der Waals surface area contributed by atoms with E-state index in [1.54, 1.807) is 31.2 Å². The van der Waals surface area contributed by atoms with Crippen LogP contribution in [0.5, 0.6) is 5.75 Å². The summed E-state index contributed by atoms with van der Waals surface area (Å²) in [6.45, 7) is 3.84. The van der Waals surface area contributed by atoms with Gasteiger partial charge in [-0.3, -0.25) is 4.79 Å². The molecule has 6 heteroatoms. The molecule has 0 fully saturated rings. The van der Waals surface area contributed by atoms with E-state index in [2.05, 4.69) is 5.32 Å². The Bertz CT molecular complexity index is 492. The lowest BCUT2D eigenvalue weighted by Gasteiger charge is -2.20. The highest BCUT2D eigenvalue weighted by Crippen LogP contribution is 2.17. The Hall–Kier alpha value is -1.75. The van der Waals surface area contributed by atoms with E-state index in [1.165, 1.54) is 0 Å². The minimum absolute atomic E-state index is 0.0900. The molecule has 0 bridgehead atoms. The number of rotatable bonds is 8. The first-order valence-electron chi connectivity index (χ1n) is 6.84. The maximum atomic E-state index is 11.8. The summed E-state index contributed by atoms with van der Waals surface area (Å²) in [5.41, 5.74) is 0. The molecule has 0 heterocycles. The second-order valence-electron chi connectivity index (χ2n) is 4.82. The van der Waals surface area contributed by atoms with E-state index in [4.69, 9.17) is 21.4 Å². The van der Waals surface area contributed by atoms with Gasteiger partial charge in [0, 0.05) is 5.02 Å². The number of hydrogen-bond acceptors (Lipinski definition) is 3. The van der Waals surface area contributed by atoms with Crippen molar-refractivity contribution in [3.8, 4) is 5.75 Å². The fraction of sp³-hybridized carbons (Fsp3) is 0.467. The number of aliphatic carboxylic acids is 1. The number of halogens is 1. The molecule has 1 unspecified atom stereocenters. The van der Waals surface area contributed by atoms with Crippen LogP contribution >= 0.6 is 11.6 Å². The van der Waals surface area contributed by atoms with Gasteiger partial charge in [-0.25, -0.2) is 4.79 Å². The number of ether oxygens (including phenoxy) is 1. The molecule has 116 valence electrons. The smallest absolute Gasteiger partial charge is 0.326 e. The standard InChI is InChI=1S/C15H20ClNO4/c1-3-10(2)14(15(19)20)17-13(18)7-8-21-12-6-4-5-11(16)9-12/h4-6,9-10,14H,3,7-8H2,1-2H3,(H,17,18)(H,19,20)/t10?,14-/m0/s1. The van der Waals surface area contributed by atoms with Crippen molar-refractivity contribution in [3.63, 3.8) is 0 Å². The number of carboxylic acids is 1. The van der Waals surface area contributed by atoms with Gasteiger partial charge in [0.1, 0.15) is 11.8 Å². The Morgan fingerprint density at radius 2 is 2.14 bits per heavy atom. The van der Waals surface area contributed by atoms with Crippen LogP contribution in [-0.4, -0.2) is 29.6 Å². The maximum absolute atomic E-state index is 11.8. The first-order chi connectivity index (χ1) is 9.93. The van der Waals surface area contributed by atoms with Crippen LogP contribution in [0.4, 0.5) is 0 Å². The number of nitrogens with one attached hydrogen (secondary N) is 1. The summed E-state index contributed by atoms with van der Waals surface area (Å²) in [5, 5.41) is 12.2. The zero-order chi connectivity index (χ0) is 15.8. The average molecular weight is 314 g/mol. The number of carbonyl (C=O) groups is 2. The number of carbonyl (C=O) groups excluding carboxylic acids is 1. The second-order valence-corrected chi connectivity index (χ2v) is 5.26. The predicted octanol–water partition coefficient (Wildman–Crippen LogP) is 2.72. The zero-order valence-electron chi connectivity index (χ0n) is 12.1. The van der Waals surface area contributed by atoms with Gasteiger partial charge in [0.15, 0.2) is 0 Å². The van der Waals surface area contributed by atoms with Crippen molar-refractivity contribution in [1.82, 2.24) is 5.32 Å². The van der Waals surface area contributed by atoms with Gasteiger partial charge in [0.05, 0.1) is 13.0 Å². The highest BCUT2D eigenvalue weighted by molar-refractivity contribution is 6.30. The summed E-state index contributed by atoms with van der Waals surface area (Å²) < 4.78 is 5.39. The third-order valence-corrected chi connectivity index (χ3v) is 3.42. The third-order valence-electron chi connectivity index (χ3n) is 3.19. The topological polar surface area (TPSA) is 75.6 Å². The third kappa shape index (κ3) is 6.04. The van der Waals surface area contributed by atoms with Crippen LogP contribution in [-0.2, 0) is 9.59 Å². The van der Waals surface area contributed by atoms with Crippen molar-refractivity contribution < 1.29 is 19.4 Å². The summed E-state index contributed by atoms with van der Waals surface area (Å²) in [4.78, 5) is 22.9. The molecule has 0 aromatic heterocycles. The predicted molar refractivity (Wildman–Crippen MR) is 80.6 cm³/mol. The van der Waals surface area contributed by atoms with E-state index < -0.39 is 12.0 Å². The molecule has 1 rings (SSSR count). The molecule has 1 amide bonds. The van der Waals surface area contributed by atoms with Crippen LogP contribution in [0.15, 0.2) is 24.3 Å².